The first-order chi connectivity index (χ1) is 10.7. The van der Waals surface area contributed by atoms with Crippen LogP contribution in [-0.2, 0) is 19.3 Å². The number of aromatic nitrogens is 1. The number of aryl methyl sites for hydroxylation is 1. The summed E-state index contributed by atoms with van der Waals surface area (Å²) in [5, 5.41) is 17.1. The molecular formula is C17H18N2O3. The molecule has 1 heterocycles. The fourth-order valence-corrected chi connectivity index (χ4v) is 3.52. The molecule has 0 aliphatic heterocycles. The molecule has 4 rings (SSSR count). The van der Waals surface area contributed by atoms with Crippen LogP contribution in [0.2, 0.25) is 0 Å². The number of carbonyl (C=O) groups is 1. The van der Waals surface area contributed by atoms with Gasteiger partial charge in [-0.2, -0.15) is 0 Å². The summed E-state index contributed by atoms with van der Waals surface area (Å²) in [5.41, 5.74) is 3.39. The molecule has 0 fully saturated rings. The van der Waals surface area contributed by atoms with E-state index < -0.39 is 6.10 Å². The molecule has 0 saturated carbocycles. The van der Waals surface area contributed by atoms with E-state index in [-0.39, 0.29) is 11.9 Å². The average Bonchev–Trinajstić information content (AvgIpc) is 3.09. The minimum Gasteiger partial charge on any atom is -0.390 e. The molecule has 0 saturated heterocycles. The third-order valence-corrected chi connectivity index (χ3v) is 4.66. The van der Waals surface area contributed by atoms with E-state index >= 15 is 0 Å². The van der Waals surface area contributed by atoms with E-state index in [2.05, 4.69) is 10.5 Å². The van der Waals surface area contributed by atoms with Gasteiger partial charge in [-0.25, -0.2) is 0 Å². The van der Waals surface area contributed by atoms with E-state index in [1.807, 2.05) is 24.3 Å². The number of benzene rings is 1. The molecule has 114 valence electrons. The predicted molar refractivity (Wildman–Crippen MR) is 79.5 cm³/mol. The summed E-state index contributed by atoms with van der Waals surface area (Å²) in [6.07, 6.45) is 3.80. The zero-order valence-corrected chi connectivity index (χ0v) is 12.2. The summed E-state index contributed by atoms with van der Waals surface area (Å²) < 4.78 is 5.30. The maximum atomic E-state index is 12.5. The first-order valence-electron chi connectivity index (χ1n) is 7.78. The minimum atomic E-state index is -0.593. The highest BCUT2D eigenvalue weighted by molar-refractivity contribution is 5.94. The van der Waals surface area contributed by atoms with Gasteiger partial charge < -0.3 is 14.9 Å². The second kappa shape index (κ2) is 5.25. The topological polar surface area (TPSA) is 75.4 Å². The molecule has 2 atom stereocenters. The van der Waals surface area contributed by atoms with Crippen LogP contribution in [0.5, 0.6) is 0 Å². The summed E-state index contributed by atoms with van der Waals surface area (Å²) in [6, 6.07) is 7.44. The standard InChI is InChI=1S/C17H18N2O3/c20-13-9-10-5-1-2-6-11(10)15(13)18-17(21)16-12-7-3-4-8-14(12)22-19-16/h1-2,5-6,13,15,20H,3-4,7-9H2,(H,18,21). The summed E-state index contributed by atoms with van der Waals surface area (Å²) in [4.78, 5) is 12.5. The third-order valence-electron chi connectivity index (χ3n) is 4.66. The summed E-state index contributed by atoms with van der Waals surface area (Å²) in [5.74, 6) is 0.580. The molecule has 1 aromatic heterocycles. The number of carbonyl (C=O) groups excluding carboxylic acids is 1. The summed E-state index contributed by atoms with van der Waals surface area (Å²) in [6.45, 7) is 0. The number of hydrogen-bond donors (Lipinski definition) is 2. The van der Waals surface area contributed by atoms with Gasteiger partial charge in [-0.3, -0.25) is 4.79 Å². The Morgan fingerprint density at radius 2 is 2.09 bits per heavy atom. The zero-order chi connectivity index (χ0) is 15.1. The van der Waals surface area contributed by atoms with Crippen LogP contribution >= 0.6 is 0 Å². The van der Waals surface area contributed by atoms with E-state index in [4.69, 9.17) is 4.52 Å². The molecule has 1 amide bonds. The van der Waals surface area contributed by atoms with Crippen molar-refractivity contribution in [3.63, 3.8) is 0 Å². The minimum absolute atomic E-state index is 0.257. The van der Waals surface area contributed by atoms with E-state index in [0.29, 0.717) is 12.1 Å². The predicted octanol–water partition coefficient (Wildman–Crippen LogP) is 1.94. The largest absolute Gasteiger partial charge is 0.390 e. The monoisotopic (exact) mass is 298 g/mol. The van der Waals surface area contributed by atoms with Crippen molar-refractivity contribution in [1.82, 2.24) is 10.5 Å². The second-order valence-electron chi connectivity index (χ2n) is 6.06. The van der Waals surface area contributed by atoms with Crippen molar-refractivity contribution in [2.45, 2.75) is 44.2 Å². The summed E-state index contributed by atoms with van der Waals surface area (Å²) in [7, 11) is 0. The number of hydrogen-bond acceptors (Lipinski definition) is 4. The summed E-state index contributed by atoms with van der Waals surface area (Å²) >= 11 is 0. The molecule has 22 heavy (non-hydrogen) atoms. The van der Waals surface area contributed by atoms with Gasteiger partial charge in [-0.05, 0) is 30.4 Å². The Hall–Kier alpha value is -2.14. The van der Waals surface area contributed by atoms with Gasteiger partial charge in [0.05, 0.1) is 12.1 Å². The normalized spacial score (nSPS) is 23.0. The number of nitrogens with zero attached hydrogens (tertiary/aromatic N) is 1. The molecule has 0 bridgehead atoms. The maximum Gasteiger partial charge on any atom is 0.274 e. The van der Waals surface area contributed by atoms with Crippen LogP contribution in [0.1, 0.15) is 51.8 Å². The van der Waals surface area contributed by atoms with Crippen LogP contribution in [0, 0.1) is 0 Å². The number of aliphatic hydroxyl groups is 1. The highest BCUT2D eigenvalue weighted by atomic mass is 16.5. The van der Waals surface area contributed by atoms with Crippen molar-refractivity contribution in [3.05, 3.63) is 52.4 Å². The Bertz CT molecular complexity index is 722. The fourth-order valence-electron chi connectivity index (χ4n) is 3.52. The van der Waals surface area contributed by atoms with E-state index in [9.17, 15) is 9.90 Å². The van der Waals surface area contributed by atoms with Gasteiger partial charge in [-0.15, -0.1) is 0 Å². The van der Waals surface area contributed by atoms with Crippen LogP contribution in [0.25, 0.3) is 0 Å². The molecule has 2 aliphatic carbocycles. The fraction of sp³-hybridized carbons (Fsp3) is 0.412. The Balaban J connectivity index is 1.59. The molecule has 2 unspecified atom stereocenters. The molecule has 5 nitrogen and oxygen atoms in total. The SMILES string of the molecule is O=C(NC1c2ccccc2CC1O)c1noc2c1CCCC2. The lowest BCUT2D eigenvalue weighted by atomic mass is 9.96. The van der Waals surface area contributed by atoms with Crippen molar-refractivity contribution < 1.29 is 14.4 Å². The zero-order valence-electron chi connectivity index (χ0n) is 12.2. The van der Waals surface area contributed by atoms with Crippen molar-refractivity contribution in [3.8, 4) is 0 Å². The lowest BCUT2D eigenvalue weighted by Crippen LogP contribution is -2.34. The lowest BCUT2D eigenvalue weighted by molar-refractivity contribution is 0.0848. The highest BCUT2D eigenvalue weighted by Crippen LogP contribution is 2.32. The third kappa shape index (κ3) is 2.13. The number of aliphatic hydroxyl groups excluding tert-OH is 1. The van der Waals surface area contributed by atoms with Crippen molar-refractivity contribution in [2.75, 3.05) is 0 Å². The highest BCUT2D eigenvalue weighted by Gasteiger charge is 2.33. The lowest BCUT2D eigenvalue weighted by Gasteiger charge is -2.17. The van der Waals surface area contributed by atoms with E-state index in [0.717, 1.165) is 48.1 Å². The quantitative estimate of drug-likeness (QED) is 0.888. The van der Waals surface area contributed by atoms with Crippen LogP contribution in [0.4, 0.5) is 0 Å². The number of nitrogens with one attached hydrogen (secondary N) is 1. The Labute approximate surface area is 128 Å². The van der Waals surface area contributed by atoms with E-state index in [1.54, 1.807) is 0 Å². The number of rotatable bonds is 2. The molecule has 0 radical (unpaired) electrons. The first-order valence-corrected chi connectivity index (χ1v) is 7.78. The molecular weight excluding hydrogens is 280 g/mol. The average molecular weight is 298 g/mol. The Morgan fingerprint density at radius 3 is 3.00 bits per heavy atom. The van der Waals surface area contributed by atoms with Crippen molar-refractivity contribution in [1.29, 1.82) is 0 Å². The second-order valence-corrected chi connectivity index (χ2v) is 6.06. The molecule has 5 heteroatoms. The maximum absolute atomic E-state index is 12.5. The Morgan fingerprint density at radius 1 is 1.27 bits per heavy atom. The van der Waals surface area contributed by atoms with Crippen LogP contribution in [-0.4, -0.2) is 22.3 Å². The van der Waals surface area contributed by atoms with Gasteiger partial charge in [0.25, 0.3) is 5.91 Å². The van der Waals surface area contributed by atoms with Crippen LogP contribution < -0.4 is 5.32 Å². The first kappa shape index (κ1) is 13.5. The van der Waals surface area contributed by atoms with E-state index in [1.165, 1.54) is 0 Å². The molecule has 1 aromatic carbocycles. The van der Waals surface area contributed by atoms with Gasteiger partial charge >= 0.3 is 0 Å². The number of amides is 1. The molecule has 0 spiro atoms. The molecule has 2 aromatic rings. The number of fused-ring (bicyclic) bond motifs is 2. The van der Waals surface area contributed by atoms with Crippen molar-refractivity contribution >= 4 is 5.91 Å². The van der Waals surface area contributed by atoms with Crippen LogP contribution in [0.3, 0.4) is 0 Å². The van der Waals surface area contributed by atoms with Crippen LogP contribution in [0.15, 0.2) is 28.8 Å². The van der Waals surface area contributed by atoms with Gasteiger partial charge in [0.2, 0.25) is 0 Å². The van der Waals surface area contributed by atoms with Gasteiger partial charge in [0.15, 0.2) is 5.69 Å². The molecule has 2 N–H and O–H groups in total. The smallest absolute Gasteiger partial charge is 0.274 e. The Kier molecular flexibility index (Phi) is 3.22. The van der Waals surface area contributed by atoms with Gasteiger partial charge in [0.1, 0.15) is 5.76 Å². The van der Waals surface area contributed by atoms with Crippen molar-refractivity contribution in [2.24, 2.45) is 0 Å². The molecule has 2 aliphatic rings. The van der Waals surface area contributed by atoms with Gasteiger partial charge in [-0.1, -0.05) is 29.4 Å². The van der Waals surface area contributed by atoms with Gasteiger partial charge in [0, 0.05) is 18.4 Å².